The Kier molecular flexibility index (Phi) is 5.60. The average molecular weight is 459 g/mol. The smallest absolute Gasteiger partial charge is 0.262 e. The van der Waals surface area contributed by atoms with Gasteiger partial charge in [0.1, 0.15) is 6.17 Å². The maximum atomic E-state index is 13.8. The molecule has 0 radical (unpaired) electrons. The molecule has 0 saturated heterocycles. The number of rotatable bonds is 4. The first kappa shape index (κ1) is 20.6. The van der Waals surface area contributed by atoms with Gasteiger partial charge >= 0.3 is 0 Å². The van der Waals surface area contributed by atoms with Gasteiger partial charge in [-0.15, -0.1) is 0 Å². The molecule has 1 amide bonds. The molecule has 0 N–H and O–H groups in total. The van der Waals surface area contributed by atoms with Crippen LogP contribution in [0.15, 0.2) is 103 Å². The van der Waals surface area contributed by atoms with E-state index in [1.54, 1.807) is 4.90 Å². The highest BCUT2D eigenvalue weighted by molar-refractivity contribution is 6.36. The van der Waals surface area contributed by atoms with Gasteiger partial charge in [0.05, 0.1) is 11.3 Å². The van der Waals surface area contributed by atoms with Crippen molar-refractivity contribution in [2.45, 2.75) is 12.7 Å². The van der Waals surface area contributed by atoms with E-state index in [4.69, 9.17) is 23.2 Å². The van der Waals surface area contributed by atoms with Crippen LogP contribution >= 0.6 is 23.2 Å². The minimum Gasteiger partial charge on any atom is -0.342 e. The third kappa shape index (κ3) is 3.64. The third-order valence-electron chi connectivity index (χ3n) is 5.69. The first-order chi connectivity index (χ1) is 15.6. The molecule has 1 aliphatic heterocycles. The highest BCUT2D eigenvalue weighted by Gasteiger charge is 2.41. The lowest BCUT2D eigenvalue weighted by atomic mass is 9.99. The van der Waals surface area contributed by atoms with Gasteiger partial charge in [0.25, 0.3) is 5.91 Å². The van der Waals surface area contributed by atoms with E-state index in [1.807, 2.05) is 91.0 Å². The van der Waals surface area contributed by atoms with E-state index < -0.39 is 6.17 Å². The largest absolute Gasteiger partial charge is 0.342 e. The van der Waals surface area contributed by atoms with Gasteiger partial charge in [-0.25, -0.2) is 0 Å². The van der Waals surface area contributed by atoms with E-state index in [9.17, 15) is 4.79 Å². The molecule has 1 aliphatic rings. The molecule has 32 heavy (non-hydrogen) atoms. The Balaban J connectivity index is 1.78. The van der Waals surface area contributed by atoms with Crippen molar-refractivity contribution < 1.29 is 4.79 Å². The fraction of sp³-hybridized carbons (Fsp3) is 0.0741. The van der Waals surface area contributed by atoms with E-state index in [0.29, 0.717) is 27.7 Å². The van der Waals surface area contributed by atoms with Crippen LogP contribution in [-0.2, 0) is 6.54 Å². The van der Waals surface area contributed by atoms with Crippen LogP contribution in [0.5, 0.6) is 0 Å². The Morgan fingerprint density at radius 2 is 1.28 bits per heavy atom. The highest BCUT2D eigenvalue weighted by Crippen LogP contribution is 2.45. The maximum Gasteiger partial charge on any atom is 0.262 e. The monoisotopic (exact) mass is 458 g/mol. The highest BCUT2D eigenvalue weighted by atomic mass is 35.5. The zero-order valence-corrected chi connectivity index (χ0v) is 18.7. The lowest BCUT2D eigenvalue weighted by Gasteiger charge is -2.46. The van der Waals surface area contributed by atoms with Gasteiger partial charge < -0.3 is 4.90 Å². The van der Waals surface area contributed by atoms with Crippen molar-refractivity contribution in [1.29, 1.82) is 0 Å². The van der Waals surface area contributed by atoms with Crippen LogP contribution < -0.4 is 9.80 Å². The second-order valence-corrected chi connectivity index (χ2v) is 8.46. The van der Waals surface area contributed by atoms with Crippen LogP contribution in [0.4, 0.5) is 11.4 Å². The van der Waals surface area contributed by atoms with Gasteiger partial charge in [0.15, 0.2) is 0 Å². The number of nitrogens with zero attached hydrogens (tertiary/aromatic N) is 2. The average Bonchev–Trinajstić information content (AvgIpc) is 2.82. The number of para-hydroxylation sites is 2. The molecule has 0 spiro atoms. The summed E-state index contributed by atoms with van der Waals surface area (Å²) in [5.74, 6) is -0.0860. The van der Waals surface area contributed by atoms with Crippen molar-refractivity contribution >= 4 is 40.5 Å². The summed E-state index contributed by atoms with van der Waals surface area (Å²) in [6.07, 6.45) is -0.513. The van der Waals surface area contributed by atoms with Crippen molar-refractivity contribution in [2.75, 3.05) is 9.80 Å². The number of hydrogen-bond acceptors (Lipinski definition) is 2. The van der Waals surface area contributed by atoms with Gasteiger partial charge in [0.2, 0.25) is 0 Å². The second kappa shape index (κ2) is 8.70. The molecule has 4 aromatic rings. The molecule has 0 aromatic heterocycles. The Morgan fingerprint density at radius 1 is 0.688 bits per heavy atom. The summed E-state index contributed by atoms with van der Waals surface area (Å²) < 4.78 is 0. The SMILES string of the molecule is O=C1c2ccccc2N(Cc2ccccc2)[C@H](c2c(Cl)cccc2Cl)N1c1ccccc1. The van der Waals surface area contributed by atoms with Gasteiger partial charge in [-0.3, -0.25) is 9.69 Å². The topological polar surface area (TPSA) is 23.6 Å². The van der Waals surface area contributed by atoms with E-state index in [1.165, 1.54) is 0 Å². The molecule has 0 bridgehead atoms. The lowest BCUT2D eigenvalue weighted by Crippen LogP contribution is -2.49. The molecule has 4 aromatic carbocycles. The minimum atomic E-state index is -0.513. The van der Waals surface area contributed by atoms with Crippen LogP contribution in [0, 0.1) is 0 Å². The Hall–Kier alpha value is -3.27. The molecular weight excluding hydrogens is 439 g/mol. The molecule has 158 valence electrons. The first-order valence-corrected chi connectivity index (χ1v) is 11.1. The number of benzene rings is 4. The maximum absolute atomic E-state index is 13.8. The molecule has 0 aliphatic carbocycles. The van der Waals surface area contributed by atoms with Crippen molar-refractivity contribution in [3.05, 3.63) is 130 Å². The van der Waals surface area contributed by atoms with Crippen molar-refractivity contribution in [2.24, 2.45) is 0 Å². The summed E-state index contributed by atoms with van der Waals surface area (Å²) in [5, 5.41) is 1.04. The van der Waals surface area contributed by atoms with Crippen LogP contribution in [0.1, 0.15) is 27.7 Å². The van der Waals surface area contributed by atoms with Gasteiger partial charge in [-0.1, -0.05) is 89.9 Å². The Morgan fingerprint density at radius 3 is 1.97 bits per heavy atom. The molecule has 0 unspecified atom stereocenters. The number of hydrogen-bond donors (Lipinski definition) is 0. The minimum absolute atomic E-state index is 0.0860. The molecule has 1 atom stereocenters. The van der Waals surface area contributed by atoms with Gasteiger partial charge in [0, 0.05) is 27.8 Å². The zero-order chi connectivity index (χ0) is 22.1. The molecule has 5 heteroatoms. The second-order valence-electron chi connectivity index (χ2n) is 7.65. The number of carbonyl (C=O) groups excluding carboxylic acids is 1. The Bertz CT molecular complexity index is 1240. The van der Waals surface area contributed by atoms with Crippen molar-refractivity contribution in [3.63, 3.8) is 0 Å². The fourth-order valence-corrected chi connectivity index (χ4v) is 4.85. The molecule has 5 rings (SSSR count). The molecule has 1 heterocycles. The first-order valence-electron chi connectivity index (χ1n) is 10.4. The quantitative estimate of drug-likeness (QED) is 0.318. The lowest BCUT2D eigenvalue weighted by molar-refractivity contribution is 0.0968. The fourth-order valence-electron chi connectivity index (χ4n) is 4.26. The number of amides is 1. The number of fused-ring (bicyclic) bond motifs is 1. The summed E-state index contributed by atoms with van der Waals surface area (Å²) in [5.41, 5.74) is 4.11. The van der Waals surface area contributed by atoms with E-state index in [0.717, 1.165) is 16.9 Å². The summed E-state index contributed by atoms with van der Waals surface area (Å²) >= 11 is 13.4. The molecular formula is C27H20Cl2N2O. The molecule has 0 fully saturated rings. The van der Waals surface area contributed by atoms with Crippen molar-refractivity contribution in [3.8, 4) is 0 Å². The summed E-state index contributed by atoms with van der Waals surface area (Å²) in [7, 11) is 0. The predicted molar refractivity (Wildman–Crippen MR) is 132 cm³/mol. The molecule has 3 nitrogen and oxygen atoms in total. The van der Waals surface area contributed by atoms with Crippen LogP contribution in [0.3, 0.4) is 0 Å². The normalized spacial score (nSPS) is 15.6. The third-order valence-corrected chi connectivity index (χ3v) is 6.35. The van der Waals surface area contributed by atoms with Crippen molar-refractivity contribution in [1.82, 2.24) is 0 Å². The Labute approximate surface area is 197 Å². The van der Waals surface area contributed by atoms with Gasteiger partial charge in [-0.2, -0.15) is 0 Å². The zero-order valence-electron chi connectivity index (χ0n) is 17.2. The standard InChI is InChI=1S/C27H20Cl2N2O/c28-22-15-9-16-23(29)25(22)26-30(18-19-10-3-1-4-11-19)24-17-8-7-14-21(24)27(32)31(26)20-12-5-2-6-13-20/h1-17,26H,18H2/t26-/m0/s1. The van der Waals surface area contributed by atoms with E-state index >= 15 is 0 Å². The summed E-state index contributed by atoms with van der Waals surface area (Å²) in [4.78, 5) is 17.8. The molecule has 0 saturated carbocycles. The van der Waals surface area contributed by atoms with Crippen LogP contribution in [-0.4, -0.2) is 5.91 Å². The predicted octanol–water partition coefficient (Wildman–Crippen LogP) is 7.36. The van der Waals surface area contributed by atoms with E-state index in [2.05, 4.69) is 17.0 Å². The summed E-state index contributed by atoms with van der Waals surface area (Å²) in [6.45, 7) is 0.584. The number of carbonyl (C=O) groups is 1. The van der Waals surface area contributed by atoms with Crippen LogP contribution in [0.25, 0.3) is 0 Å². The number of halogens is 2. The van der Waals surface area contributed by atoms with Crippen LogP contribution in [0.2, 0.25) is 10.0 Å². The van der Waals surface area contributed by atoms with E-state index in [-0.39, 0.29) is 5.91 Å². The number of anilines is 2. The summed E-state index contributed by atoms with van der Waals surface area (Å²) in [6, 6.07) is 33.0. The van der Waals surface area contributed by atoms with Gasteiger partial charge in [-0.05, 0) is 42.0 Å².